The van der Waals surface area contributed by atoms with Crippen molar-refractivity contribution in [3.8, 4) is 6.07 Å². The molecule has 1 aromatic rings. The standard InChI is InChI=1S/C15H21N3O/c1-4-19-13-5-7-18(8-6-13)15-14(10-16)11(2)9-12(3)17-15/h9,13H,4-8H2,1-3H3. The van der Waals surface area contributed by atoms with Crippen molar-refractivity contribution in [3.05, 3.63) is 22.9 Å². The van der Waals surface area contributed by atoms with Gasteiger partial charge in [0.25, 0.3) is 0 Å². The first kappa shape index (κ1) is 13.8. The fraction of sp³-hybridized carbons (Fsp3) is 0.600. The van der Waals surface area contributed by atoms with Crippen LogP contribution in [-0.2, 0) is 4.74 Å². The lowest BCUT2D eigenvalue weighted by Gasteiger charge is -2.33. The van der Waals surface area contributed by atoms with E-state index in [9.17, 15) is 5.26 Å². The zero-order chi connectivity index (χ0) is 13.8. The summed E-state index contributed by atoms with van der Waals surface area (Å²) in [7, 11) is 0. The van der Waals surface area contributed by atoms with E-state index in [1.807, 2.05) is 26.8 Å². The molecule has 0 bridgehead atoms. The Balaban J connectivity index is 2.18. The lowest BCUT2D eigenvalue weighted by Crippen LogP contribution is -2.38. The molecular weight excluding hydrogens is 238 g/mol. The quantitative estimate of drug-likeness (QED) is 0.837. The Hall–Kier alpha value is -1.60. The highest BCUT2D eigenvalue weighted by Gasteiger charge is 2.23. The van der Waals surface area contributed by atoms with Gasteiger partial charge < -0.3 is 9.64 Å². The van der Waals surface area contributed by atoms with E-state index in [4.69, 9.17) is 4.74 Å². The minimum absolute atomic E-state index is 0.359. The van der Waals surface area contributed by atoms with Gasteiger partial charge in [-0.2, -0.15) is 5.26 Å². The predicted octanol–water partition coefficient (Wildman–Crippen LogP) is 2.58. The van der Waals surface area contributed by atoms with E-state index in [-0.39, 0.29) is 0 Å². The van der Waals surface area contributed by atoms with Crippen molar-refractivity contribution >= 4 is 5.82 Å². The van der Waals surface area contributed by atoms with Gasteiger partial charge in [-0.1, -0.05) is 0 Å². The second kappa shape index (κ2) is 6.03. The molecule has 2 rings (SSSR count). The van der Waals surface area contributed by atoms with Crippen molar-refractivity contribution in [2.24, 2.45) is 0 Å². The molecule has 4 nitrogen and oxygen atoms in total. The Kier molecular flexibility index (Phi) is 4.39. The molecule has 0 unspecified atom stereocenters. The van der Waals surface area contributed by atoms with E-state index in [1.165, 1.54) is 0 Å². The van der Waals surface area contributed by atoms with E-state index >= 15 is 0 Å². The summed E-state index contributed by atoms with van der Waals surface area (Å²) < 4.78 is 5.66. The Morgan fingerprint density at radius 3 is 2.68 bits per heavy atom. The molecule has 1 saturated heterocycles. The summed E-state index contributed by atoms with van der Waals surface area (Å²) in [5.41, 5.74) is 2.69. The van der Waals surface area contributed by atoms with Crippen molar-refractivity contribution < 1.29 is 4.74 Å². The van der Waals surface area contributed by atoms with Crippen LogP contribution in [0.5, 0.6) is 0 Å². The van der Waals surface area contributed by atoms with Crippen molar-refractivity contribution in [1.29, 1.82) is 5.26 Å². The summed E-state index contributed by atoms with van der Waals surface area (Å²) in [4.78, 5) is 6.78. The summed E-state index contributed by atoms with van der Waals surface area (Å²) in [5.74, 6) is 0.843. The van der Waals surface area contributed by atoms with Crippen LogP contribution in [-0.4, -0.2) is 30.8 Å². The molecule has 0 saturated carbocycles. The molecule has 0 radical (unpaired) electrons. The SMILES string of the molecule is CCOC1CCN(c2nc(C)cc(C)c2C#N)CC1. The van der Waals surface area contributed by atoms with Crippen molar-refractivity contribution in [1.82, 2.24) is 4.98 Å². The van der Waals surface area contributed by atoms with Gasteiger partial charge in [0.05, 0.1) is 11.7 Å². The lowest BCUT2D eigenvalue weighted by molar-refractivity contribution is 0.0458. The Morgan fingerprint density at radius 2 is 2.11 bits per heavy atom. The van der Waals surface area contributed by atoms with Crippen LogP contribution in [0, 0.1) is 25.2 Å². The van der Waals surface area contributed by atoms with E-state index in [1.54, 1.807) is 0 Å². The van der Waals surface area contributed by atoms with Crippen molar-refractivity contribution in [3.63, 3.8) is 0 Å². The summed E-state index contributed by atoms with van der Waals surface area (Å²) in [6.45, 7) is 8.58. The molecule has 0 N–H and O–H groups in total. The average Bonchev–Trinajstić information content (AvgIpc) is 2.39. The van der Waals surface area contributed by atoms with Crippen LogP contribution in [0.2, 0.25) is 0 Å². The fourth-order valence-electron chi connectivity index (χ4n) is 2.65. The van der Waals surface area contributed by atoms with Crippen molar-refractivity contribution in [2.75, 3.05) is 24.6 Å². The molecule has 4 heteroatoms. The zero-order valence-electron chi connectivity index (χ0n) is 11.9. The molecule has 1 aliphatic rings. The third-order valence-corrected chi connectivity index (χ3v) is 3.58. The lowest BCUT2D eigenvalue weighted by atomic mass is 10.1. The number of ether oxygens (including phenoxy) is 1. The highest BCUT2D eigenvalue weighted by atomic mass is 16.5. The first-order chi connectivity index (χ1) is 9.15. The fourth-order valence-corrected chi connectivity index (χ4v) is 2.65. The molecule has 0 aliphatic carbocycles. The summed E-state index contributed by atoms with van der Waals surface area (Å²) in [5, 5.41) is 9.32. The topological polar surface area (TPSA) is 49.1 Å². The maximum Gasteiger partial charge on any atom is 0.147 e. The van der Waals surface area contributed by atoms with Crippen LogP contribution in [0.15, 0.2) is 6.07 Å². The van der Waals surface area contributed by atoms with Crippen molar-refractivity contribution in [2.45, 2.75) is 39.7 Å². The minimum Gasteiger partial charge on any atom is -0.378 e. The van der Waals surface area contributed by atoms with Gasteiger partial charge in [0.1, 0.15) is 11.9 Å². The van der Waals surface area contributed by atoms with Crippen LogP contribution >= 0.6 is 0 Å². The number of rotatable bonds is 3. The van der Waals surface area contributed by atoms with Crippen LogP contribution in [0.1, 0.15) is 36.6 Å². The van der Waals surface area contributed by atoms with Crippen LogP contribution in [0.25, 0.3) is 0 Å². The average molecular weight is 259 g/mol. The third kappa shape index (κ3) is 3.05. The smallest absolute Gasteiger partial charge is 0.147 e. The molecule has 0 amide bonds. The van der Waals surface area contributed by atoms with Gasteiger partial charge in [0.2, 0.25) is 0 Å². The van der Waals surface area contributed by atoms with E-state index in [0.29, 0.717) is 11.7 Å². The maximum atomic E-state index is 9.32. The first-order valence-corrected chi connectivity index (χ1v) is 6.90. The van der Waals surface area contributed by atoms with Gasteiger partial charge in [-0.15, -0.1) is 0 Å². The second-order valence-electron chi connectivity index (χ2n) is 5.03. The highest BCUT2D eigenvalue weighted by molar-refractivity contribution is 5.58. The number of anilines is 1. The van der Waals surface area contributed by atoms with Gasteiger partial charge in [0.15, 0.2) is 0 Å². The van der Waals surface area contributed by atoms with Crippen LogP contribution in [0.3, 0.4) is 0 Å². The van der Waals surface area contributed by atoms with Gasteiger partial charge in [-0.3, -0.25) is 0 Å². The Labute approximate surface area is 115 Å². The molecule has 1 aliphatic heterocycles. The number of hydrogen-bond acceptors (Lipinski definition) is 4. The minimum atomic E-state index is 0.359. The zero-order valence-corrected chi connectivity index (χ0v) is 11.9. The predicted molar refractivity (Wildman–Crippen MR) is 75.3 cm³/mol. The third-order valence-electron chi connectivity index (χ3n) is 3.58. The molecule has 0 atom stereocenters. The second-order valence-corrected chi connectivity index (χ2v) is 5.03. The monoisotopic (exact) mass is 259 g/mol. The molecule has 102 valence electrons. The molecule has 19 heavy (non-hydrogen) atoms. The molecule has 1 fully saturated rings. The van der Waals surface area contributed by atoms with E-state index in [2.05, 4.69) is 16.0 Å². The van der Waals surface area contributed by atoms with Gasteiger partial charge in [-0.25, -0.2) is 4.98 Å². The molecule has 1 aromatic heterocycles. The number of pyridine rings is 1. The number of nitriles is 1. The summed E-state index contributed by atoms with van der Waals surface area (Å²) in [6.07, 6.45) is 2.37. The van der Waals surface area contributed by atoms with Gasteiger partial charge in [0, 0.05) is 25.4 Å². The number of aromatic nitrogens is 1. The first-order valence-electron chi connectivity index (χ1n) is 6.90. The summed E-state index contributed by atoms with van der Waals surface area (Å²) in [6, 6.07) is 4.26. The summed E-state index contributed by atoms with van der Waals surface area (Å²) >= 11 is 0. The van der Waals surface area contributed by atoms with Crippen LogP contribution < -0.4 is 4.90 Å². The normalized spacial score (nSPS) is 16.4. The number of piperidine rings is 1. The van der Waals surface area contributed by atoms with E-state index < -0.39 is 0 Å². The molecule has 0 spiro atoms. The number of hydrogen-bond donors (Lipinski definition) is 0. The molecular formula is C15H21N3O. The highest BCUT2D eigenvalue weighted by Crippen LogP contribution is 2.25. The molecule has 0 aromatic carbocycles. The number of nitrogens with zero attached hydrogens (tertiary/aromatic N) is 3. The Bertz CT molecular complexity index is 485. The Morgan fingerprint density at radius 1 is 1.42 bits per heavy atom. The van der Waals surface area contributed by atoms with E-state index in [0.717, 1.165) is 49.6 Å². The van der Waals surface area contributed by atoms with Gasteiger partial charge in [-0.05, 0) is 45.2 Å². The van der Waals surface area contributed by atoms with Crippen LogP contribution in [0.4, 0.5) is 5.82 Å². The number of aryl methyl sites for hydroxylation is 2. The van der Waals surface area contributed by atoms with Gasteiger partial charge >= 0.3 is 0 Å². The maximum absolute atomic E-state index is 9.32. The molecule has 2 heterocycles. The largest absolute Gasteiger partial charge is 0.378 e.